The van der Waals surface area contributed by atoms with E-state index in [-0.39, 0.29) is 5.91 Å². The predicted molar refractivity (Wildman–Crippen MR) is 134 cm³/mol. The fraction of sp³-hybridized carbons (Fsp3) is 0.667. The maximum atomic E-state index is 12.2. The van der Waals surface area contributed by atoms with Crippen LogP contribution in [0.3, 0.4) is 0 Å². The van der Waals surface area contributed by atoms with Crippen LogP contribution in [-0.4, -0.2) is 26.2 Å². The van der Waals surface area contributed by atoms with E-state index in [0.717, 1.165) is 12.0 Å². The van der Waals surface area contributed by atoms with Crippen molar-refractivity contribution >= 4 is 5.91 Å². The van der Waals surface area contributed by atoms with Crippen molar-refractivity contribution in [3.63, 3.8) is 0 Å². The Balaban J connectivity index is 2.06. The van der Waals surface area contributed by atoms with Crippen LogP contribution in [0, 0.1) is 0 Å². The van der Waals surface area contributed by atoms with Gasteiger partial charge in [0.1, 0.15) is 6.61 Å². The molecule has 0 aliphatic carbocycles. The van der Waals surface area contributed by atoms with E-state index in [0.29, 0.717) is 31.1 Å². The molecule has 32 heavy (non-hydrogen) atoms. The lowest BCUT2D eigenvalue weighted by Gasteiger charge is -2.11. The molecule has 5 heteroatoms. The van der Waals surface area contributed by atoms with Crippen molar-refractivity contribution < 1.29 is 14.3 Å². The van der Waals surface area contributed by atoms with Gasteiger partial charge in [0.25, 0.3) is 0 Å². The van der Waals surface area contributed by atoms with Crippen molar-refractivity contribution in [2.75, 3.05) is 20.3 Å². The van der Waals surface area contributed by atoms with Crippen molar-refractivity contribution in [2.45, 2.75) is 96.8 Å². The summed E-state index contributed by atoms with van der Waals surface area (Å²) in [6.45, 7) is 3.14. The molecule has 1 aromatic rings. The Hall–Kier alpha value is -2.01. The molecule has 0 unspecified atom stereocenters. The summed E-state index contributed by atoms with van der Waals surface area (Å²) in [7, 11) is 1.59. The van der Waals surface area contributed by atoms with Gasteiger partial charge in [0.2, 0.25) is 5.91 Å². The second kappa shape index (κ2) is 19.7. The number of rotatable bonds is 20. The minimum Gasteiger partial charge on any atom is -0.493 e. The summed E-state index contributed by atoms with van der Waals surface area (Å²) in [4.78, 5) is 12.2. The average Bonchev–Trinajstić information content (AvgIpc) is 2.80. The van der Waals surface area contributed by atoms with Crippen molar-refractivity contribution in [1.29, 1.82) is 0 Å². The van der Waals surface area contributed by atoms with E-state index in [1.807, 2.05) is 18.2 Å². The Labute approximate surface area is 196 Å². The van der Waals surface area contributed by atoms with Crippen LogP contribution >= 0.6 is 0 Å². The Bertz CT molecular complexity index is 631. The fourth-order valence-corrected chi connectivity index (χ4v) is 3.68. The highest BCUT2D eigenvalue weighted by molar-refractivity contribution is 5.79. The molecule has 0 saturated heterocycles. The number of carbonyl (C=O) groups excluding carboxylic acids is 1. The number of carbonyl (C=O) groups is 1. The molecule has 0 spiro atoms. The zero-order chi connectivity index (χ0) is 23.3. The molecule has 0 radical (unpaired) electrons. The first kappa shape index (κ1) is 28.0. The van der Waals surface area contributed by atoms with Crippen LogP contribution in [0.4, 0.5) is 0 Å². The SMILES string of the molecule is CCCCCCCCCCCCCC/C=C/NC(=O)Cc1ccc(OCCN)c(OC)c1. The van der Waals surface area contributed by atoms with Crippen molar-refractivity contribution in [2.24, 2.45) is 5.73 Å². The van der Waals surface area contributed by atoms with Gasteiger partial charge in [0, 0.05) is 6.54 Å². The number of hydrogen-bond acceptors (Lipinski definition) is 4. The number of ether oxygens (including phenoxy) is 2. The number of amides is 1. The van der Waals surface area contributed by atoms with E-state index in [2.05, 4.69) is 18.3 Å². The van der Waals surface area contributed by atoms with Crippen LogP contribution in [0.1, 0.15) is 96.0 Å². The first-order valence-corrected chi connectivity index (χ1v) is 12.7. The van der Waals surface area contributed by atoms with Crippen LogP contribution in [0.2, 0.25) is 0 Å². The predicted octanol–water partition coefficient (Wildman–Crippen LogP) is 6.30. The van der Waals surface area contributed by atoms with Crippen LogP contribution < -0.4 is 20.5 Å². The smallest absolute Gasteiger partial charge is 0.228 e. The van der Waals surface area contributed by atoms with Crippen LogP contribution in [0.15, 0.2) is 30.5 Å². The van der Waals surface area contributed by atoms with Gasteiger partial charge >= 0.3 is 0 Å². The number of methoxy groups -OCH3 is 1. The number of nitrogens with two attached hydrogens (primary N) is 1. The van der Waals surface area contributed by atoms with E-state index in [9.17, 15) is 4.79 Å². The van der Waals surface area contributed by atoms with Gasteiger partial charge < -0.3 is 20.5 Å². The molecule has 182 valence electrons. The molecule has 0 aromatic heterocycles. The number of hydrogen-bond donors (Lipinski definition) is 2. The number of nitrogens with one attached hydrogen (secondary N) is 1. The van der Waals surface area contributed by atoms with Gasteiger partial charge in [-0.3, -0.25) is 4.79 Å². The summed E-state index contributed by atoms with van der Waals surface area (Å²) in [5.41, 5.74) is 6.35. The molecular formula is C27H46N2O3. The van der Waals surface area contributed by atoms with Gasteiger partial charge in [-0.2, -0.15) is 0 Å². The van der Waals surface area contributed by atoms with E-state index in [4.69, 9.17) is 15.2 Å². The fourth-order valence-electron chi connectivity index (χ4n) is 3.68. The van der Waals surface area contributed by atoms with E-state index in [1.165, 1.54) is 77.0 Å². The lowest BCUT2D eigenvalue weighted by Crippen LogP contribution is -2.19. The molecular weight excluding hydrogens is 400 g/mol. The molecule has 0 aliphatic heterocycles. The Kier molecular flexibility index (Phi) is 17.2. The molecule has 0 bridgehead atoms. The van der Waals surface area contributed by atoms with Crippen molar-refractivity contribution in [1.82, 2.24) is 5.32 Å². The first-order valence-electron chi connectivity index (χ1n) is 12.7. The van der Waals surface area contributed by atoms with Crippen molar-refractivity contribution in [3.05, 3.63) is 36.0 Å². The summed E-state index contributed by atoms with van der Waals surface area (Å²) in [6, 6.07) is 5.53. The Morgan fingerprint density at radius 2 is 1.56 bits per heavy atom. The molecule has 0 heterocycles. The second-order valence-corrected chi connectivity index (χ2v) is 8.45. The molecule has 1 amide bonds. The maximum Gasteiger partial charge on any atom is 0.228 e. The van der Waals surface area contributed by atoms with E-state index >= 15 is 0 Å². The molecule has 1 aromatic carbocycles. The first-order chi connectivity index (χ1) is 15.7. The minimum absolute atomic E-state index is 0.0337. The van der Waals surface area contributed by atoms with Gasteiger partial charge in [0.05, 0.1) is 13.5 Å². The van der Waals surface area contributed by atoms with Crippen LogP contribution in [0.25, 0.3) is 0 Å². The summed E-state index contributed by atoms with van der Waals surface area (Å²) in [6.07, 6.45) is 21.4. The van der Waals surface area contributed by atoms with Crippen molar-refractivity contribution in [3.8, 4) is 11.5 Å². The highest BCUT2D eigenvalue weighted by atomic mass is 16.5. The Morgan fingerprint density at radius 3 is 2.16 bits per heavy atom. The summed E-state index contributed by atoms with van der Waals surface area (Å²) >= 11 is 0. The largest absolute Gasteiger partial charge is 0.493 e. The molecule has 0 atom stereocenters. The third-order valence-electron chi connectivity index (χ3n) is 5.55. The molecule has 0 aliphatic rings. The highest BCUT2D eigenvalue weighted by Gasteiger charge is 2.08. The topological polar surface area (TPSA) is 73.6 Å². The lowest BCUT2D eigenvalue weighted by atomic mass is 10.0. The summed E-state index contributed by atoms with van der Waals surface area (Å²) < 4.78 is 10.9. The number of benzene rings is 1. The maximum absolute atomic E-state index is 12.2. The van der Waals surface area contributed by atoms with Gasteiger partial charge in [0.15, 0.2) is 11.5 Å². The van der Waals surface area contributed by atoms with Gasteiger partial charge in [-0.25, -0.2) is 0 Å². The molecule has 3 N–H and O–H groups in total. The van der Waals surface area contributed by atoms with Gasteiger partial charge in [-0.15, -0.1) is 0 Å². The number of unbranched alkanes of at least 4 members (excludes halogenated alkanes) is 12. The minimum atomic E-state index is -0.0337. The monoisotopic (exact) mass is 446 g/mol. The number of allylic oxidation sites excluding steroid dienone is 1. The third kappa shape index (κ3) is 14.1. The second-order valence-electron chi connectivity index (χ2n) is 8.45. The van der Waals surface area contributed by atoms with Crippen LogP contribution in [0.5, 0.6) is 11.5 Å². The quantitative estimate of drug-likeness (QED) is 0.231. The highest BCUT2D eigenvalue weighted by Crippen LogP contribution is 2.28. The van der Waals surface area contributed by atoms with Gasteiger partial charge in [-0.1, -0.05) is 89.7 Å². The molecule has 0 fully saturated rings. The lowest BCUT2D eigenvalue weighted by molar-refractivity contribution is -0.119. The standard InChI is InChI=1S/C27H46N2O3/c1-3-4-5-6-7-8-9-10-11-12-13-14-15-16-20-29-27(30)23-24-17-18-25(32-21-19-28)26(22-24)31-2/h16-18,20,22H,3-15,19,21,23,28H2,1-2H3,(H,29,30)/b20-16+. The molecule has 0 saturated carbocycles. The summed E-state index contributed by atoms with van der Waals surface area (Å²) in [5.74, 6) is 1.23. The molecule has 1 rings (SSSR count). The zero-order valence-corrected chi connectivity index (χ0v) is 20.5. The third-order valence-corrected chi connectivity index (χ3v) is 5.55. The molecule has 5 nitrogen and oxygen atoms in total. The van der Waals surface area contributed by atoms with Gasteiger partial charge in [-0.05, 0) is 36.7 Å². The van der Waals surface area contributed by atoms with E-state index < -0.39 is 0 Å². The van der Waals surface area contributed by atoms with E-state index in [1.54, 1.807) is 13.3 Å². The normalized spacial score (nSPS) is 11.1. The average molecular weight is 447 g/mol. The summed E-state index contributed by atoms with van der Waals surface area (Å²) in [5, 5.41) is 2.85. The zero-order valence-electron chi connectivity index (χ0n) is 20.5. The van der Waals surface area contributed by atoms with Crippen LogP contribution in [-0.2, 0) is 11.2 Å². The Morgan fingerprint density at radius 1 is 0.938 bits per heavy atom.